The number of carbonyl (C=O) groups is 1. The van der Waals surface area contributed by atoms with Crippen molar-refractivity contribution in [3.8, 4) is 5.75 Å². The fourth-order valence-corrected chi connectivity index (χ4v) is 5.34. The lowest BCUT2D eigenvalue weighted by atomic mass is 10.1. The molecule has 3 aromatic rings. The van der Waals surface area contributed by atoms with Gasteiger partial charge in [-0.1, -0.05) is 18.2 Å². The van der Waals surface area contributed by atoms with Crippen LogP contribution in [0.15, 0.2) is 65.6 Å². The molecule has 0 bridgehead atoms. The van der Waals surface area contributed by atoms with Crippen molar-refractivity contribution in [3.05, 3.63) is 88.7 Å². The molecule has 1 atom stereocenters. The lowest BCUT2D eigenvalue weighted by Gasteiger charge is -2.23. The molecule has 172 valence electrons. The van der Waals surface area contributed by atoms with Gasteiger partial charge >= 0.3 is 0 Å². The average Bonchev–Trinajstić information content (AvgIpc) is 3.13. The summed E-state index contributed by atoms with van der Waals surface area (Å²) in [6, 6.07) is 16.2. The van der Waals surface area contributed by atoms with Crippen molar-refractivity contribution in [2.75, 3.05) is 12.0 Å². The molecule has 0 aliphatic carbocycles. The van der Waals surface area contributed by atoms with Crippen molar-refractivity contribution in [2.45, 2.75) is 37.8 Å². The van der Waals surface area contributed by atoms with Gasteiger partial charge in [-0.05, 0) is 79.4 Å². The van der Waals surface area contributed by atoms with E-state index in [4.69, 9.17) is 4.74 Å². The van der Waals surface area contributed by atoms with Crippen LogP contribution in [0, 0.1) is 12.7 Å². The Labute approximate surface area is 193 Å². The normalized spacial score (nSPS) is 15.4. The topological polar surface area (TPSA) is 75.7 Å². The van der Waals surface area contributed by atoms with Crippen molar-refractivity contribution in [2.24, 2.45) is 0 Å². The van der Waals surface area contributed by atoms with E-state index in [1.54, 1.807) is 43.2 Å². The first-order valence-electron chi connectivity index (χ1n) is 10.5. The highest BCUT2D eigenvalue weighted by atomic mass is 32.2. The fraction of sp³-hybridized carbons (Fsp3) is 0.240. The Bertz CT molecular complexity index is 1310. The van der Waals surface area contributed by atoms with Gasteiger partial charge in [0, 0.05) is 23.8 Å². The molecule has 0 radical (unpaired) electrons. The molecule has 0 fully saturated rings. The quantitative estimate of drug-likeness (QED) is 0.588. The second-order valence-electron chi connectivity index (χ2n) is 8.15. The van der Waals surface area contributed by atoms with E-state index in [1.165, 1.54) is 12.1 Å². The van der Waals surface area contributed by atoms with E-state index in [-0.39, 0.29) is 23.4 Å². The van der Waals surface area contributed by atoms with Crippen molar-refractivity contribution in [1.29, 1.82) is 0 Å². The first kappa shape index (κ1) is 22.9. The summed E-state index contributed by atoms with van der Waals surface area (Å²) in [7, 11) is -2.33. The smallest absolute Gasteiger partial charge is 0.258 e. The third-order valence-electron chi connectivity index (χ3n) is 5.83. The van der Waals surface area contributed by atoms with Gasteiger partial charge in [-0.15, -0.1) is 0 Å². The van der Waals surface area contributed by atoms with Crippen LogP contribution < -0.4 is 14.4 Å². The Hall–Kier alpha value is -3.23. The Morgan fingerprint density at radius 3 is 2.55 bits per heavy atom. The van der Waals surface area contributed by atoms with Gasteiger partial charge in [-0.25, -0.2) is 17.5 Å². The van der Waals surface area contributed by atoms with E-state index < -0.39 is 15.8 Å². The van der Waals surface area contributed by atoms with Crippen molar-refractivity contribution in [1.82, 2.24) is 4.72 Å². The Balaban J connectivity index is 1.57. The monoisotopic (exact) mass is 468 g/mol. The van der Waals surface area contributed by atoms with E-state index in [2.05, 4.69) is 4.72 Å². The molecule has 0 aromatic heterocycles. The minimum atomic E-state index is -3.90. The number of nitrogens with one attached hydrogen (secondary N) is 1. The number of sulfonamides is 1. The molecule has 1 aliphatic rings. The molecule has 0 saturated carbocycles. The molecular formula is C25H25FN2O4S. The van der Waals surface area contributed by atoms with Crippen LogP contribution in [0.25, 0.3) is 0 Å². The van der Waals surface area contributed by atoms with Gasteiger partial charge in [0.25, 0.3) is 5.91 Å². The molecule has 4 rings (SSSR count). The number of rotatable bonds is 6. The van der Waals surface area contributed by atoms with E-state index in [0.29, 0.717) is 28.9 Å². The van der Waals surface area contributed by atoms with Crippen LogP contribution in [0.3, 0.4) is 0 Å². The summed E-state index contributed by atoms with van der Waals surface area (Å²) >= 11 is 0. The van der Waals surface area contributed by atoms with Crippen LogP contribution in [-0.2, 0) is 23.0 Å². The molecule has 0 unspecified atom stereocenters. The summed E-state index contributed by atoms with van der Waals surface area (Å²) in [6.07, 6.45) is 0.714. The number of aryl methyl sites for hydroxylation is 1. The predicted octanol–water partition coefficient (Wildman–Crippen LogP) is 4.21. The maximum atomic E-state index is 13.6. The highest BCUT2D eigenvalue weighted by Gasteiger charge is 2.32. The van der Waals surface area contributed by atoms with E-state index in [1.807, 2.05) is 25.1 Å². The van der Waals surface area contributed by atoms with Gasteiger partial charge in [0.15, 0.2) is 0 Å². The van der Waals surface area contributed by atoms with E-state index >= 15 is 0 Å². The number of hydrogen-bond acceptors (Lipinski definition) is 4. The first-order chi connectivity index (χ1) is 15.7. The zero-order valence-corrected chi connectivity index (χ0v) is 19.4. The Morgan fingerprint density at radius 1 is 1.12 bits per heavy atom. The molecule has 0 spiro atoms. The van der Waals surface area contributed by atoms with Crippen LogP contribution in [0.1, 0.15) is 34.0 Å². The minimum Gasteiger partial charge on any atom is -0.497 e. The molecule has 8 heteroatoms. The second-order valence-corrected chi connectivity index (χ2v) is 9.89. The molecule has 33 heavy (non-hydrogen) atoms. The standard InChI is InChI=1S/C25H25FN2O4S/c1-16-4-9-21(26)14-24(16)33(30,31)27-15-18-5-6-20-12-17(2)28(23(20)13-18)25(29)19-7-10-22(32-3)11-8-19/h4-11,13-14,17,27H,12,15H2,1-3H3/t17-/m0/s1. The summed E-state index contributed by atoms with van der Waals surface area (Å²) in [5.74, 6) is -0.0678. The second kappa shape index (κ2) is 8.96. The van der Waals surface area contributed by atoms with E-state index in [0.717, 1.165) is 17.3 Å². The van der Waals surface area contributed by atoms with Gasteiger partial charge in [0.1, 0.15) is 11.6 Å². The molecule has 1 amide bonds. The Kier molecular flexibility index (Phi) is 6.23. The molecule has 0 saturated heterocycles. The van der Waals surface area contributed by atoms with Crippen molar-refractivity contribution < 1.29 is 22.3 Å². The molecule has 3 aromatic carbocycles. The van der Waals surface area contributed by atoms with Crippen LogP contribution >= 0.6 is 0 Å². The highest BCUT2D eigenvalue weighted by Crippen LogP contribution is 2.34. The van der Waals surface area contributed by atoms with Crippen molar-refractivity contribution >= 4 is 21.6 Å². The number of carbonyl (C=O) groups excluding carboxylic acids is 1. The number of anilines is 1. The highest BCUT2D eigenvalue weighted by molar-refractivity contribution is 7.89. The number of hydrogen-bond donors (Lipinski definition) is 1. The van der Waals surface area contributed by atoms with Crippen molar-refractivity contribution in [3.63, 3.8) is 0 Å². The van der Waals surface area contributed by atoms with Gasteiger partial charge in [0.2, 0.25) is 10.0 Å². The van der Waals surface area contributed by atoms with Crippen LogP contribution in [0.5, 0.6) is 5.75 Å². The number of benzene rings is 3. The van der Waals surface area contributed by atoms with Crippen LogP contribution in [-0.4, -0.2) is 27.5 Å². The van der Waals surface area contributed by atoms with Gasteiger partial charge in [-0.3, -0.25) is 4.79 Å². The minimum absolute atomic E-state index is 0.0184. The molecular weight excluding hydrogens is 443 g/mol. The Morgan fingerprint density at radius 2 is 1.85 bits per heavy atom. The molecule has 1 aliphatic heterocycles. The van der Waals surface area contributed by atoms with Gasteiger partial charge in [-0.2, -0.15) is 0 Å². The third-order valence-corrected chi connectivity index (χ3v) is 7.37. The summed E-state index contributed by atoms with van der Waals surface area (Å²) in [5, 5.41) is 0. The fourth-order valence-electron chi connectivity index (χ4n) is 4.07. The predicted molar refractivity (Wildman–Crippen MR) is 125 cm³/mol. The summed E-state index contributed by atoms with van der Waals surface area (Å²) < 4.78 is 46.7. The molecule has 6 nitrogen and oxygen atoms in total. The van der Waals surface area contributed by atoms with Crippen LogP contribution in [0.4, 0.5) is 10.1 Å². The summed E-state index contributed by atoms with van der Waals surface area (Å²) in [5.41, 5.74) is 3.50. The maximum Gasteiger partial charge on any atom is 0.258 e. The number of halogens is 1. The maximum absolute atomic E-state index is 13.6. The summed E-state index contributed by atoms with van der Waals surface area (Å²) in [6.45, 7) is 3.62. The molecule has 1 heterocycles. The SMILES string of the molecule is COc1ccc(C(=O)N2c3cc(CNS(=O)(=O)c4cc(F)ccc4C)ccc3C[C@@H]2C)cc1. The zero-order valence-electron chi connectivity index (χ0n) is 18.6. The van der Waals surface area contributed by atoms with E-state index in [9.17, 15) is 17.6 Å². The largest absolute Gasteiger partial charge is 0.497 e. The van der Waals surface area contributed by atoms with Gasteiger partial charge in [0.05, 0.1) is 12.0 Å². The number of methoxy groups -OCH3 is 1. The average molecular weight is 469 g/mol. The summed E-state index contributed by atoms with van der Waals surface area (Å²) in [4.78, 5) is 14.9. The number of ether oxygens (including phenoxy) is 1. The first-order valence-corrected chi connectivity index (χ1v) is 12.0. The number of fused-ring (bicyclic) bond motifs is 1. The number of nitrogens with zero attached hydrogens (tertiary/aromatic N) is 1. The van der Waals surface area contributed by atoms with Crippen LogP contribution in [0.2, 0.25) is 0 Å². The number of amides is 1. The molecule has 1 N–H and O–H groups in total. The lowest BCUT2D eigenvalue weighted by Crippen LogP contribution is -2.35. The third kappa shape index (κ3) is 4.62. The lowest BCUT2D eigenvalue weighted by molar-refractivity contribution is 0.0981. The van der Waals surface area contributed by atoms with Gasteiger partial charge < -0.3 is 9.64 Å². The zero-order chi connectivity index (χ0) is 23.8.